The summed E-state index contributed by atoms with van der Waals surface area (Å²) in [5, 5.41) is 6.99. The van der Waals surface area contributed by atoms with Crippen molar-refractivity contribution in [1.29, 1.82) is 0 Å². The molecule has 2 heterocycles. The molecule has 0 bridgehead atoms. The van der Waals surface area contributed by atoms with E-state index in [4.69, 9.17) is 0 Å². The van der Waals surface area contributed by atoms with E-state index >= 15 is 0 Å². The Morgan fingerprint density at radius 2 is 2.21 bits per heavy atom. The van der Waals surface area contributed by atoms with Crippen molar-refractivity contribution >= 4 is 12.4 Å². The van der Waals surface area contributed by atoms with Gasteiger partial charge in [0.15, 0.2) is 0 Å². The summed E-state index contributed by atoms with van der Waals surface area (Å²) in [6, 6.07) is 1.48. The van der Waals surface area contributed by atoms with E-state index < -0.39 is 0 Å². The van der Waals surface area contributed by atoms with Crippen LogP contribution in [0.25, 0.3) is 0 Å². The number of rotatable bonds is 2. The lowest BCUT2D eigenvalue weighted by Crippen LogP contribution is -2.53. The highest BCUT2D eigenvalue weighted by molar-refractivity contribution is 5.85. The normalized spacial score (nSPS) is 34.1. The van der Waals surface area contributed by atoms with Crippen molar-refractivity contribution in [2.24, 2.45) is 0 Å². The van der Waals surface area contributed by atoms with Crippen LogP contribution in [0, 0.1) is 0 Å². The van der Waals surface area contributed by atoms with Crippen molar-refractivity contribution in [2.75, 3.05) is 32.7 Å². The van der Waals surface area contributed by atoms with Crippen molar-refractivity contribution in [3.05, 3.63) is 0 Å². The number of hydrogen-bond acceptors (Lipinski definition) is 3. The average Bonchev–Trinajstić information content (AvgIpc) is 2.61. The molecule has 0 saturated carbocycles. The molecule has 0 aromatic carbocycles. The molecule has 2 atom stereocenters. The maximum Gasteiger partial charge on any atom is 0.0195 e. The van der Waals surface area contributed by atoms with E-state index in [2.05, 4.69) is 22.5 Å². The Morgan fingerprint density at radius 3 is 2.86 bits per heavy atom. The minimum absolute atomic E-state index is 0. The van der Waals surface area contributed by atoms with Gasteiger partial charge < -0.3 is 10.6 Å². The van der Waals surface area contributed by atoms with Crippen molar-refractivity contribution in [2.45, 2.75) is 31.8 Å². The molecule has 0 unspecified atom stereocenters. The Balaban J connectivity index is 0.000000980. The summed E-state index contributed by atoms with van der Waals surface area (Å²) in [4.78, 5) is 2.61. The van der Waals surface area contributed by atoms with Gasteiger partial charge in [0.05, 0.1) is 0 Å². The fourth-order valence-electron chi connectivity index (χ4n) is 2.35. The summed E-state index contributed by atoms with van der Waals surface area (Å²) in [6.07, 6.45) is 2.74. The van der Waals surface area contributed by atoms with Crippen LogP contribution in [0.15, 0.2) is 0 Å². The van der Waals surface area contributed by atoms with Crippen LogP contribution in [0.2, 0.25) is 0 Å². The first kappa shape index (κ1) is 12.2. The van der Waals surface area contributed by atoms with E-state index in [-0.39, 0.29) is 12.4 Å². The van der Waals surface area contributed by atoms with Gasteiger partial charge in [0.1, 0.15) is 0 Å². The SMILES string of the molecule is C[C@@H]1CNCCN1C[C@@H]1CCCN1.Cl. The van der Waals surface area contributed by atoms with E-state index in [0.29, 0.717) is 0 Å². The summed E-state index contributed by atoms with van der Waals surface area (Å²) in [5.74, 6) is 0. The maximum atomic E-state index is 3.56. The van der Waals surface area contributed by atoms with E-state index in [9.17, 15) is 0 Å². The van der Waals surface area contributed by atoms with Crippen molar-refractivity contribution in [1.82, 2.24) is 15.5 Å². The maximum absolute atomic E-state index is 3.56. The molecule has 2 saturated heterocycles. The Morgan fingerprint density at radius 1 is 1.36 bits per heavy atom. The Bertz CT molecular complexity index is 159. The number of hydrogen-bond donors (Lipinski definition) is 2. The van der Waals surface area contributed by atoms with Crippen LogP contribution < -0.4 is 10.6 Å². The highest BCUT2D eigenvalue weighted by Crippen LogP contribution is 2.10. The quantitative estimate of drug-likeness (QED) is 0.707. The zero-order chi connectivity index (χ0) is 9.10. The first-order chi connectivity index (χ1) is 6.36. The predicted molar refractivity (Wildman–Crippen MR) is 62.2 cm³/mol. The lowest BCUT2D eigenvalue weighted by molar-refractivity contribution is 0.160. The van der Waals surface area contributed by atoms with Crippen molar-refractivity contribution < 1.29 is 0 Å². The predicted octanol–water partition coefficient (Wildman–Crippen LogP) is 0.454. The van der Waals surface area contributed by atoms with Crippen LogP contribution in [-0.4, -0.2) is 49.7 Å². The van der Waals surface area contributed by atoms with Crippen molar-refractivity contribution in [3.8, 4) is 0 Å². The summed E-state index contributed by atoms with van der Waals surface area (Å²) in [5.41, 5.74) is 0. The van der Waals surface area contributed by atoms with Gasteiger partial charge >= 0.3 is 0 Å². The smallest absolute Gasteiger partial charge is 0.0195 e. The third-order valence-corrected chi connectivity index (χ3v) is 3.26. The van der Waals surface area contributed by atoms with Crippen molar-refractivity contribution in [3.63, 3.8) is 0 Å². The minimum atomic E-state index is 0. The van der Waals surface area contributed by atoms with Gasteiger partial charge in [-0.3, -0.25) is 4.90 Å². The molecule has 0 aromatic rings. The first-order valence-corrected chi connectivity index (χ1v) is 5.54. The molecule has 2 aliphatic heterocycles. The molecule has 14 heavy (non-hydrogen) atoms. The molecule has 4 heteroatoms. The van der Waals surface area contributed by atoms with Crippen LogP contribution in [0.4, 0.5) is 0 Å². The molecule has 2 fully saturated rings. The van der Waals surface area contributed by atoms with E-state index in [1.54, 1.807) is 0 Å². The third kappa shape index (κ3) is 3.09. The molecule has 0 aliphatic carbocycles. The second kappa shape index (κ2) is 5.91. The molecule has 0 radical (unpaired) electrons. The molecular weight excluding hydrogens is 198 g/mol. The number of halogens is 1. The Hall–Kier alpha value is 0.170. The van der Waals surface area contributed by atoms with Crippen LogP contribution in [0.5, 0.6) is 0 Å². The number of nitrogens with one attached hydrogen (secondary N) is 2. The topological polar surface area (TPSA) is 27.3 Å². The molecule has 2 N–H and O–H groups in total. The lowest BCUT2D eigenvalue weighted by Gasteiger charge is -2.35. The highest BCUT2D eigenvalue weighted by atomic mass is 35.5. The Kier molecular flexibility index (Phi) is 5.17. The van der Waals surface area contributed by atoms with Gasteiger partial charge in [0.2, 0.25) is 0 Å². The molecule has 0 amide bonds. The first-order valence-electron chi connectivity index (χ1n) is 5.54. The second-order valence-electron chi connectivity index (χ2n) is 4.34. The van der Waals surface area contributed by atoms with Crippen LogP contribution in [0.3, 0.4) is 0 Å². The summed E-state index contributed by atoms with van der Waals surface area (Å²) >= 11 is 0. The van der Waals surface area contributed by atoms with Gasteiger partial charge in [0.25, 0.3) is 0 Å². The summed E-state index contributed by atoms with van der Waals surface area (Å²) in [7, 11) is 0. The minimum Gasteiger partial charge on any atom is -0.314 e. The van der Waals surface area contributed by atoms with Gasteiger partial charge in [-0.2, -0.15) is 0 Å². The average molecular weight is 220 g/mol. The fourth-order valence-corrected chi connectivity index (χ4v) is 2.35. The standard InChI is InChI=1S/C10H21N3.ClH/c1-9-7-11-5-6-13(9)8-10-3-2-4-12-10;/h9-12H,2-8H2,1H3;1H/t9-,10+;/m1./s1. The van der Waals surface area contributed by atoms with Gasteiger partial charge in [-0.05, 0) is 26.3 Å². The van der Waals surface area contributed by atoms with E-state index in [1.807, 2.05) is 0 Å². The highest BCUT2D eigenvalue weighted by Gasteiger charge is 2.22. The van der Waals surface area contributed by atoms with E-state index in [0.717, 1.165) is 25.2 Å². The van der Waals surface area contributed by atoms with Gasteiger partial charge in [-0.25, -0.2) is 0 Å². The fraction of sp³-hybridized carbons (Fsp3) is 1.00. The molecule has 3 nitrogen and oxygen atoms in total. The number of nitrogens with zero attached hydrogens (tertiary/aromatic N) is 1. The van der Waals surface area contributed by atoms with Crippen LogP contribution in [0.1, 0.15) is 19.8 Å². The Labute approximate surface area is 93.0 Å². The summed E-state index contributed by atoms with van der Waals surface area (Å²) in [6.45, 7) is 8.35. The van der Waals surface area contributed by atoms with Gasteiger partial charge in [-0.1, -0.05) is 0 Å². The van der Waals surface area contributed by atoms with E-state index in [1.165, 1.54) is 32.5 Å². The summed E-state index contributed by atoms with van der Waals surface area (Å²) < 4.78 is 0. The number of piperazine rings is 1. The van der Waals surface area contributed by atoms with Crippen LogP contribution >= 0.6 is 12.4 Å². The zero-order valence-corrected chi connectivity index (χ0v) is 9.78. The van der Waals surface area contributed by atoms with Gasteiger partial charge in [0, 0.05) is 38.3 Å². The van der Waals surface area contributed by atoms with Gasteiger partial charge in [-0.15, -0.1) is 12.4 Å². The third-order valence-electron chi connectivity index (χ3n) is 3.26. The molecule has 0 spiro atoms. The largest absolute Gasteiger partial charge is 0.314 e. The monoisotopic (exact) mass is 219 g/mol. The van der Waals surface area contributed by atoms with Crippen LogP contribution in [-0.2, 0) is 0 Å². The lowest BCUT2D eigenvalue weighted by atomic mass is 10.1. The second-order valence-corrected chi connectivity index (χ2v) is 4.34. The molecule has 84 valence electrons. The molecule has 0 aromatic heterocycles. The zero-order valence-electron chi connectivity index (χ0n) is 8.96. The molecule has 2 aliphatic rings. The molecule has 2 rings (SSSR count). The molecular formula is C10H22ClN3.